The number of aliphatic hydroxyl groups excluding tert-OH is 1. The first-order valence-corrected chi connectivity index (χ1v) is 10.6. The van der Waals surface area contributed by atoms with Crippen molar-refractivity contribution in [3.05, 3.63) is 23.8 Å². The van der Waals surface area contributed by atoms with Crippen LogP contribution in [0.3, 0.4) is 0 Å². The number of halogens is 1. The molecule has 6 nitrogen and oxygen atoms in total. The van der Waals surface area contributed by atoms with Crippen molar-refractivity contribution >= 4 is 17.5 Å². The molecule has 7 heteroatoms. The first-order valence-electron chi connectivity index (χ1n) is 10.6. The number of allylic oxidation sites excluding steroid dienone is 4. The summed E-state index contributed by atoms with van der Waals surface area (Å²) >= 11 is 0. The predicted molar refractivity (Wildman–Crippen MR) is 105 cm³/mol. The molecule has 4 aliphatic rings. The van der Waals surface area contributed by atoms with Gasteiger partial charge in [-0.3, -0.25) is 14.4 Å². The van der Waals surface area contributed by atoms with Gasteiger partial charge < -0.3 is 14.9 Å². The van der Waals surface area contributed by atoms with Crippen molar-refractivity contribution in [2.45, 2.75) is 70.2 Å². The zero-order chi connectivity index (χ0) is 22.1. The standard InChI is InChI=1S/C23H29FO6/c1-13(25)30-12-19(28)22(29)9-7-16-17-5-4-14-10-15(26)6-8-20(14,2)23(17,24)18(27)11-21(16,22)3/h6,8,10,16-18,27,29H,4-5,7,9,11-12H2,1-3H3/t16-,17+,18-,20-,21-,22-,23-/m0/s1. The molecular formula is C23H29FO6. The van der Waals surface area contributed by atoms with Gasteiger partial charge in [0, 0.05) is 23.7 Å². The number of fused-ring (bicyclic) bond motifs is 5. The molecule has 0 aromatic rings. The summed E-state index contributed by atoms with van der Waals surface area (Å²) in [6.45, 7) is 4.12. The molecule has 7 atom stereocenters. The van der Waals surface area contributed by atoms with Gasteiger partial charge in [-0.1, -0.05) is 18.6 Å². The van der Waals surface area contributed by atoms with Crippen LogP contribution in [-0.4, -0.2) is 51.7 Å². The van der Waals surface area contributed by atoms with E-state index in [0.717, 1.165) is 0 Å². The molecular weight excluding hydrogens is 391 g/mol. The van der Waals surface area contributed by atoms with Gasteiger partial charge in [0.25, 0.3) is 0 Å². The van der Waals surface area contributed by atoms with E-state index in [4.69, 9.17) is 4.74 Å². The quantitative estimate of drug-likeness (QED) is 0.679. The zero-order valence-corrected chi connectivity index (χ0v) is 17.6. The van der Waals surface area contributed by atoms with E-state index in [-0.39, 0.29) is 24.5 Å². The third kappa shape index (κ3) is 2.51. The van der Waals surface area contributed by atoms with Crippen LogP contribution in [0, 0.1) is 22.7 Å². The number of ketones is 2. The number of aliphatic hydroxyl groups is 2. The van der Waals surface area contributed by atoms with Crippen LogP contribution in [0.15, 0.2) is 23.8 Å². The van der Waals surface area contributed by atoms with Gasteiger partial charge in [-0.2, -0.15) is 0 Å². The number of esters is 1. The van der Waals surface area contributed by atoms with E-state index in [1.165, 1.54) is 19.1 Å². The molecule has 0 spiro atoms. The number of carbonyl (C=O) groups excluding carboxylic acids is 3. The molecule has 3 saturated carbocycles. The second-order valence-corrected chi connectivity index (χ2v) is 9.87. The molecule has 0 heterocycles. The minimum atomic E-state index is -2.00. The lowest BCUT2D eigenvalue weighted by atomic mass is 9.44. The van der Waals surface area contributed by atoms with Gasteiger partial charge in [0.05, 0.1) is 6.10 Å². The summed E-state index contributed by atoms with van der Waals surface area (Å²) < 4.78 is 21.7. The highest BCUT2D eigenvalue weighted by Gasteiger charge is 2.74. The lowest BCUT2D eigenvalue weighted by Gasteiger charge is -2.62. The van der Waals surface area contributed by atoms with Gasteiger partial charge in [-0.15, -0.1) is 0 Å². The number of carbonyl (C=O) groups is 3. The van der Waals surface area contributed by atoms with Crippen LogP contribution < -0.4 is 0 Å². The molecule has 0 bridgehead atoms. The van der Waals surface area contributed by atoms with Crippen LogP contribution in [0.5, 0.6) is 0 Å². The molecule has 0 aromatic carbocycles. The molecule has 30 heavy (non-hydrogen) atoms. The number of ether oxygens (including phenoxy) is 1. The third-order valence-corrected chi connectivity index (χ3v) is 8.66. The van der Waals surface area contributed by atoms with E-state index in [2.05, 4.69) is 0 Å². The summed E-state index contributed by atoms with van der Waals surface area (Å²) in [5.74, 6) is -2.28. The summed E-state index contributed by atoms with van der Waals surface area (Å²) in [5.41, 5.74) is -5.23. The Kier molecular flexibility index (Phi) is 4.68. The highest BCUT2D eigenvalue weighted by atomic mass is 19.1. The maximum atomic E-state index is 16.9. The molecule has 0 saturated heterocycles. The minimum Gasteiger partial charge on any atom is -0.458 e. The highest BCUT2D eigenvalue weighted by molar-refractivity contribution is 6.01. The van der Waals surface area contributed by atoms with E-state index in [1.807, 2.05) is 0 Å². The molecule has 0 aliphatic heterocycles. The minimum absolute atomic E-state index is 0.0857. The van der Waals surface area contributed by atoms with Crippen LogP contribution in [-0.2, 0) is 19.1 Å². The monoisotopic (exact) mass is 420 g/mol. The highest BCUT2D eigenvalue weighted by Crippen LogP contribution is 2.69. The lowest BCUT2D eigenvalue weighted by Crippen LogP contribution is -2.69. The molecule has 0 amide bonds. The number of rotatable bonds is 3. The Balaban J connectivity index is 1.72. The van der Waals surface area contributed by atoms with Crippen molar-refractivity contribution in [2.75, 3.05) is 6.61 Å². The third-order valence-electron chi connectivity index (χ3n) is 8.66. The summed E-state index contributed by atoms with van der Waals surface area (Å²) in [5, 5.41) is 22.6. The first kappa shape index (κ1) is 21.4. The van der Waals surface area contributed by atoms with Gasteiger partial charge in [0.2, 0.25) is 5.78 Å². The SMILES string of the molecule is CC(=O)OCC(=O)[C@@]1(O)CC[C@H]2[C@H]3CCC4=CC(=O)C=C[C@]4(C)[C@@]3(F)[C@@H](O)C[C@@]21C. The molecule has 2 N–H and O–H groups in total. The fourth-order valence-corrected chi connectivity index (χ4v) is 6.96. The van der Waals surface area contributed by atoms with Gasteiger partial charge in [0.1, 0.15) is 5.60 Å². The maximum Gasteiger partial charge on any atom is 0.303 e. The van der Waals surface area contributed by atoms with E-state index >= 15 is 4.39 Å². The molecule has 3 fully saturated rings. The number of hydrogen-bond donors (Lipinski definition) is 2. The van der Waals surface area contributed by atoms with Crippen LogP contribution in [0.1, 0.15) is 52.9 Å². The molecule has 0 unspecified atom stereocenters. The van der Waals surface area contributed by atoms with Crippen molar-refractivity contribution in [1.82, 2.24) is 0 Å². The van der Waals surface area contributed by atoms with Crippen LogP contribution in [0.2, 0.25) is 0 Å². The fraction of sp³-hybridized carbons (Fsp3) is 0.696. The summed E-state index contributed by atoms with van der Waals surface area (Å²) in [7, 11) is 0. The Labute approximate surface area is 175 Å². The second-order valence-electron chi connectivity index (χ2n) is 9.87. The van der Waals surface area contributed by atoms with Gasteiger partial charge in [0.15, 0.2) is 18.1 Å². The van der Waals surface area contributed by atoms with E-state index in [9.17, 15) is 24.6 Å². The van der Waals surface area contributed by atoms with Crippen molar-refractivity contribution in [1.29, 1.82) is 0 Å². The molecule has 0 radical (unpaired) electrons. The molecule has 4 aliphatic carbocycles. The van der Waals surface area contributed by atoms with Crippen molar-refractivity contribution in [2.24, 2.45) is 22.7 Å². The number of alkyl halides is 1. The topological polar surface area (TPSA) is 101 Å². The Morgan fingerprint density at radius 3 is 2.63 bits per heavy atom. The Morgan fingerprint density at radius 1 is 1.27 bits per heavy atom. The Morgan fingerprint density at radius 2 is 1.97 bits per heavy atom. The average Bonchev–Trinajstić information content (AvgIpc) is 2.94. The maximum absolute atomic E-state index is 16.9. The van der Waals surface area contributed by atoms with Crippen molar-refractivity contribution in [3.63, 3.8) is 0 Å². The van der Waals surface area contributed by atoms with Crippen molar-refractivity contribution in [3.8, 4) is 0 Å². The molecule has 0 aromatic heterocycles. The molecule has 164 valence electrons. The Bertz CT molecular complexity index is 879. The summed E-state index contributed by atoms with van der Waals surface area (Å²) in [6, 6.07) is 0. The largest absolute Gasteiger partial charge is 0.458 e. The smallest absolute Gasteiger partial charge is 0.303 e. The summed E-state index contributed by atoms with van der Waals surface area (Å²) in [4.78, 5) is 35.8. The lowest BCUT2D eigenvalue weighted by molar-refractivity contribution is -0.217. The molecule has 4 rings (SSSR count). The van der Waals surface area contributed by atoms with Crippen molar-refractivity contribution < 1.29 is 33.7 Å². The zero-order valence-electron chi connectivity index (χ0n) is 17.6. The van der Waals surface area contributed by atoms with Gasteiger partial charge >= 0.3 is 5.97 Å². The fourth-order valence-electron chi connectivity index (χ4n) is 6.96. The van der Waals surface area contributed by atoms with Gasteiger partial charge in [-0.25, -0.2) is 4.39 Å². The van der Waals surface area contributed by atoms with Crippen LogP contribution >= 0.6 is 0 Å². The van der Waals surface area contributed by atoms with E-state index in [1.54, 1.807) is 19.9 Å². The predicted octanol–water partition coefficient (Wildman–Crippen LogP) is 2.22. The second kappa shape index (κ2) is 6.57. The van der Waals surface area contributed by atoms with Crippen LogP contribution in [0.25, 0.3) is 0 Å². The average molecular weight is 420 g/mol. The van der Waals surface area contributed by atoms with Gasteiger partial charge in [-0.05, 0) is 57.1 Å². The summed E-state index contributed by atoms with van der Waals surface area (Å²) in [6.07, 6.45) is 4.47. The number of hydrogen-bond acceptors (Lipinski definition) is 6. The normalized spacial score (nSPS) is 47.1. The first-order chi connectivity index (χ1) is 13.9. The van der Waals surface area contributed by atoms with Crippen LogP contribution in [0.4, 0.5) is 4.39 Å². The Hall–Kier alpha value is -1.86. The number of Topliss-reactive ketones (excluding diaryl/α,β-unsaturated/α-hetero) is 1. The van der Waals surface area contributed by atoms with E-state index < -0.39 is 52.5 Å². The van der Waals surface area contributed by atoms with E-state index in [0.29, 0.717) is 24.8 Å².